The molecule has 144 valence electrons. The number of nitrogens with zero attached hydrogens (tertiary/aromatic N) is 5. The number of fused-ring (bicyclic) bond motifs is 1. The molecule has 4 aromatic rings. The first-order valence-corrected chi connectivity index (χ1v) is 9.00. The summed E-state index contributed by atoms with van der Waals surface area (Å²) >= 11 is 0. The van der Waals surface area contributed by atoms with Crippen LogP contribution >= 0.6 is 0 Å². The summed E-state index contributed by atoms with van der Waals surface area (Å²) in [5.74, 6) is -0.212. The zero-order chi connectivity index (χ0) is 20.2. The first-order chi connectivity index (χ1) is 14.1. The number of hydrogen-bond donors (Lipinski definition) is 2. The van der Waals surface area contributed by atoms with E-state index in [1.807, 2.05) is 49.3 Å². The Morgan fingerprint density at radius 3 is 2.24 bits per heavy atom. The van der Waals surface area contributed by atoms with Crippen LogP contribution in [0.5, 0.6) is 0 Å². The van der Waals surface area contributed by atoms with Gasteiger partial charge in [-0.2, -0.15) is 10.2 Å². The van der Waals surface area contributed by atoms with Gasteiger partial charge in [-0.15, -0.1) is 5.10 Å². The Hall–Kier alpha value is -4.07. The summed E-state index contributed by atoms with van der Waals surface area (Å²) in [4.78, 5) is 14.5. The molecule has 8 nitrogen and oxygen atoms in total. The minimum Gasteiger partial charge on any atom is -0.378 e. The van der Waals surface area contributed by atoms with Crippen LogP contribution < -0.4 is 10.2 Å². The van der Waals surface area contributed by atoms with Gasteiger partial charge in [-0.25, -0.2) is 0 Å². The number of carbonyl (C=O) groups is 1. The lowest BCUT2D eigenvalue weighted by atomic mass is 10.2. The van der Waals surface area contributed by atoms with E-state index in [9.17, 15) is 4.79 Å². The summed E-state index contributed by atoms with van der Waals surface area (Å²) < 4.78 is 0. The highest BCUT2D eigenvalue weighted by atomic mass is 16.1. The summed E-state index contributed by atoms with van der Waals surface area (Å²) in [6.07, 6.45) is 0. The molecule has 0 aliphatic carbocycles. The third kappa shape index (κ3) is 4.27. The SMILES string of the molecule is CN(C)c1ccc(/N=N/c2ccc(C(=O)Nc3ccc4[nH]nnc4c3)cc2)cc1. The van der Waals surface area contributed by atoms with Crippen LogP contribution in [0.25, 0.3) is 11.0 Å². The minimum absolute atomic E-state index is 0.212. The molecule has 0 atom stereocenters. The topological polar surface area (TPSA) is 98.6 Å². The van der Waals surface area contributed by atoms with Crippen LogP contribution in [0.4, 0.5) is 22.7 Å². The van der Waals surface area contributed by atoms with Crippen LogP contribution in [-0.4, -0.2) is 35.4 Å². The Morgan fingerprint density at radius 1 is 0.931 bits per heavy atom. The van der Waals surface area contributed by atoms with Crippen molar-refractivity contribution in [2.45, 2.75) is 0 Å². The molecule has 0 aliphatic rings. The van der Waals surface area contributed by atoms with E-state index in [-0.39, 0.29) is 5.91 Å². The van der Waals surface area contributed by atoms with Crippen LogP contribution in [0.3, 0.4) is 0 Å². The number of benzene rings is 3. The molecule has 4 rings (SSSR count). The quantitative estimate of drug-likeness (QED) is 0.487. The number of amides is 1. The minimum atomic E-state index is -0.212. The Morgan fingerprint density at radius 2 is 1.59 bits per heavy atom. The first-order valence-electron chi connectivity index (χ1n) is 9.00. The van der Waals surface area contributed by atoms with Gasteiger partial charge in [0.25, 0.3) is 5.91 Å². The van der Waals surface area contributed by atoms with Gasteiger partial charge in [0.05, 0.1) is 16.9 Å². The van der Waals surface area contributed by atoms with Crippen molar-refractivity contribution in [1.82, 2.24) is 15.4 Å². The molecular weight excluding hydrogens is 366 g/mol. The second-order valence-electron chi connectivity index (χ2n) is 6.66. The highest BCUT2D eigenvalue weighted by Gasteiger charge is 2.07. The van der Waals surface area contributed by atoms with Crippen molar-refractivity contribution in [3.8, 4) is 0 Å². The lowest BCUT2D eigenvalue weighted by Crippen LogP contribution is -2.11. The second-order valence-corrected chi connectivity index (χ2v) is 6.66. The molecule has 0 saturated heterocycles. The fraction of sp³-hybridized carbons (Fsp3) is 0.0952. The Bertz CT molecular complexity index is 1160. The van der Waals surface area contributed by atoms with E-state index in [1.54, 1.807) is 36.4 Å². The lowest BCUT2D eigenvalue weighted by molar-refractivity contribution is 0.102. The van der Waals surface area contributed by atoms with Gasteiger partial charge < -0.3 is 10.2 Å². The number of hydrogen-bond acceptors (Lipinski definition) is 6. The van der Waals surface area contributed by atoms with Crippen molar-refractivity contribution in [3.63, 3.8) is 0 Å². The monoisotopic (exact) mass is 385 g/mol. The maximum absolute atomic E-state index is 12.5. The molecular formula is C21H19N7O. The van der Waals surface area contributed by atoms with Crippen molar-refractivity contribution >= 4 is 39.7 Å². The fourth-order valence-electron chi connectivity index (χ4n) is 2.74. The Labute approximate surface area is 167 Å². The van der Waals surface area contributed by atoms with Crippen LogP contribution in [-0.2, 0) is 0 Å². The van der Waals surface area contributed by atoms with Gasteiger partial charge in [0.1, 0.15) is 5.52 Å². The average molecular weight is 385 g/mol. The largest absolute Gasteiger partial charge is 0.378 e. The maximum Gasteiger partial charge on any atom is 0.255 e. The summed E-state index contributed by atoms with van der Waals surface area (Å²) in [5.41, 5.74) is 5.22. The molecule has 2 N–H and O–H groups in total. The standard InChI is InChI=1S/C21H19N7O/c1-28(2)18-10-7-16(8-11-18)24-23-15-5-3-14(4-6-15)21(29)22-17-9-12-19-20(13-17)26-27-25-19/h3-13H,1-2H3,(H,22,29)(H,25,26,27)/b24-23+. The van der Waals surface area contributed by atoms with Gasteiger partial charge in [-0.1, -0.05) is 5.21 Å². The van der Waals surface area contributed by atoms with Crippen molar-refractivity contribution in [3.05, 3.63) is 72.3 Å². The van der Waals surface area contributed by atoms with Gasteiger partial charge in [0, 0.05) is 31.0 Å². The summed E-state index contributed by atoms with van der Waals surface area (Å²) in [5, 5.41) is 21.8. The number of H-pyrrole nitrogens is 1. The highest BCUT2D eigenvalue weighted by Crippen LogP contribution is 2.22. The predicted octanol–water partition coefficient (Wildman–Crippen LogP) is 4.69. The van der Waals surface area contributed by atoms with Crippen LogP contribution in [0, 0.1) is 0 Å². The third-order valence-corrected chi connectivity index (χ3v) is 4.36. The molecule has 0 fully saturated rings. The molecule has 0 saturated carbocycles. The van der Waals surface area contributed by atoms with Crippen molar-refractivity contribution in [2.24, 2.45) is 10.2 Å². The van der Waals surface area contributed by atoms with Gasteiger partial charge in [-0.05, 0) is 66.7 Å². The normalized spacial score (nSPS) is 11.1. The maximum atomic E-state index is 12.5. The first kappa shape index (κ1) is 18.3. The molecule has 3 aromatic carbocycles. The van der Waals surface area contributed by atoms with Crippen molar-refractivity contribution < 1.29 is 4.79 Å². The average Bonchev–Trinajstić information content (AvgIpc) is 3.21. The van der Waals surface area contributed by atoms with Gasteiger partial charge >= 0.3 is 0 Å². The number of rotatable bonds is 5. The Kier molecular flexibility index (Phi) is 4.98. The lowest BCUT2D eigenvalue weighted by Gasteiger charge is -2.11. The van der Waals surface area contributed by atoms with E-state index in [4.69, 9.17) is 0 Å². The second kappa shape index (κ2) is 7.89. The predicted molar refractivity (Wildman–Crippen MR) is 113 cm³/mol. The molecule has 0 bridgehead atoms. The molecule has 0 radical (unpaired) electrons. The van der Waals surface area contributed by atoms with E-state index in [1.165, 1.54) is 0 Å². The van der Waals surface area contributed by atoms with E-state index >= 15 is 0 Å². The van der Waals surface area contributed by atoms with Crippen molar-refractivity contribution in [1.29, 1.82) is 0 Å². The van der Waals surface area contributed by atoms with Gasteiger partial charge in [-0.3, -0.25) is 9.89 Å². The van der Waals surface area contributed by atoms with E-state index in [0.717, 1.165) is 16.9 Å². The molecule has 0 unspecified atom stereocenters. The van der Waals surface area contributed by atoms with Crippen LogP contribution in [0.1, 0.15) is 10.4 Å². The molecule has 29 heavy (non-hydrogen) atoms. The number of carbonyl (C=O) groups excluding carboxylic acids is 1. The number of nitrogens with one attached hydrogen (secondary N) is 2. The Balaban J connectivity index is 1.41. The number of azo groups is 1. The summed E-state index contributed by atoms with van der Waals surface area (Å²) in [6.45, 7) is 0. The molecule has 0 aliphatic heterocycles. The molecule has 8 heteroatoms. The molecule has 0 spiro atoms. The molecule has 1 aromatic heterocycles. The molecule has 1 heterocycles. The highest BCUT2D eigenvalue weighted by molar-refractivity contribution is 6.05. The number of anilines is 2. The summed E-state index contributed by atoms with van der Waals surface area (Å²) in [6, 6.07) is 20.1. The van der Waals surface area contributed by atoms with E-state index in [0.29, 0.717) is 22.5 Å². The zero-order valence-electron chi connectivity index (χ0n) is 16.0. The van der Waals surface area contributed by atoms with Crippen LogP contribution in [0.15, 0.2) is 77.0 Å². The van der Waals surface area contributed by atoms with E-state index in [2.05, 4.69) is 31.0 Å². The van der Waals surface area contributed by atoms with Crippen molar-refractivity contribution in [2.75, 3.05) is 24.3 Å². The molecule has 1 amide bonds. The number of aromatic nitrogens is 3. The van der Waals surface area contributed by atoms with E-state index < -0.39 is 0 Å². The van der Waals surface area contributed by atoms with Crippen LogP contribution in [0.2, 0.25) is 0 Å². The van der Waals surface area contributed by atoms with Gasteiger partial charge in [0.2, 0.25) is 0 Å². The smallest absolute Gasteiger partial charge is 0.255 e. The fourth-order valence-corrected chi connectivity index (χ4v) is 2.74. The summed E-state index contributed by atoms with van der Waals surface area (Å²) in [7, 11) is 3.97. The third-order valence-electron chi connectivity index (χ3n) is 4.36. The zero-order valence-corrected chi connectivity index (χ0v) is 16.0. The number of aromatic amines is 1. The van der Waals surface area contributed by atoms with Gasteiger partial charge in [0.15, 0.2) is 0 Å².